The number of imidazole rings is 1. The van der Waals surface area contributed by atoms with Crippen molar-refractivity contribution in [3.8, 4) is 0 Å². The molecule has 10 heteroatoms. The average Bonchev–Trinajstić information content (AvgIpc) is 2.31. The minimum absolute atomic E-state index is 0.218. The second-order valence-corrected chi connectivity index (χ2v) is 2.94. The third kappa shape index (κ3) is 8.39. The molecule has 9 nitrogen and oxygen atoms in total. The average molecular weight is 209 g/mol. The fourth-order valence-electron chi connectivity index (χ4n) is 0.357. The molecule has 0 unspecified atom stereocenters. The number of aromatic nitrogens is 2. The molecule has 0 radical (unpaired) electrons. The first-order valence-electron chi connectivity index (χ1n) is 2.75. The molecule has 0 aliphatic rings. The van der Waals surface area contributed by atoms with Crippen molar-refractivity contribution in [2.24, 2.45) is 10.3 Å². The topological polar surface area (TPSA) is 158 Å². The van der Waals surface area contributed by atoms with Gasteiger partial charge in [-0.05, 0) is 4.92 Å². The van der Waals surface area contributed by atoms with E-state index in [0.717, 1.165) is 0 Å². The third-order valence-corrected chi connectivity index (χ3v) is 0.657. The first-order valence-corrected chi connectivity index (χ1v) is 4.36. The predicted octanol–water partition coefficient (Wildman–Crippen LogP) is -1.53. The van der Waals surface area contributed by atoms with E-state index in [1.165, 1.54) is 12.4 Å². The number of H-pyrrole nitrogens is 1. The SMILES string of the molecule is NS(N)(=O)=O.O=[N+]([O-])c1ncc[nH]1. The number of nitrogens with one attached hydrogen (secondary N) is 1. The number of rotatable bonds is 1. The summed E-state index contributed by atoms with van der Waals surface area (Å²) in [4.78, 5) is 14.9. The first-order chi connectivity index (χ1) is 5.80. The van der Waals surface area contributed by atoms with Gasteiger partial charge in [0.1, 0.15) is 6.20 Å². The Kier molecular flexibility index (Phi) is 3.97. The molecule has 13 heavy (non-hydrogen) atoms. The van der Waals surface area contributed by atoms with Gasteiger partial charge in [0.05, 0.1) is 6.20 Å². The summed E-state index contributed by atoms with van der Waals surface area (Å²) in [5.41, 5.74) is 0. The van der Waals surface area contributed by atoms with Crippen LogP contribution in [0, 0.1) is 10.1 Å². The van der Waals surface area contributed by atoms with Crippen LogP contribution in [-0.2, 0) is 10.2 Å². The molecular formula is C3H7N5O4S. The van der Waals surface area contributed by atoms with Gasteiger partial charge in [-0.3, -0.25) is 0 Å². The number of nitro groups is 1. The molecule has 0 aromatic carbocycles. The van der Waals surface area contributed by atoms with Crippen molar-refractivity contribution in [1.82, 2.24) is 9.97 Å². The Hall–Kier alpha value is -1.52. The van der Waals surface area contributed by atoms with Gasteiger partial charge in [0.15, 0.2) is 0 Å². The zero-order valence-corrected chi connectivity index (χ0v) is 7.06. The Bertz CT molecular complexity index is 347. The molecular weight excluding hydrogens is 202 g/mol. The van der Waals surface area contributed by atoms with Crippen LogP contribution in [0.4, 0.5) is 5.95 Å². The molecule has 1 aromatic rings. The van der Waals surface area contributed by atoms with Crippen LogP contribution in [0.5, 0.6) is 0 Å². The number of aromatic amines is 1. The van der Waals surface area contributed by atoms with Crippen molar-refractivity contribution in [3.63, 3.8) is 0 Å². The summed E-state index contributed by atoms with van der Waals surface area (Å²) in [6, 6.07) is 0. The van der Waals surface area contributed by atoms with Crippen molar-refractivity contribution < 1.29 is 13.3 Å². The van der Waals surface area contributed by atoms with Crippen LogP contribution < -0.4 is 10.3 Å². The Morgan fingerprint density at radius 1 is 1.54 bits per heavy atom. The number of hydrogen-bond acceptors (Lipinski definition) is 5. The fourth-order valence-corrected chi connectivity index (χ4v) is 0.357. The van der Waals surface area contributed by atoms with Gasteiger partial charge in [-0.1, -0.05) is 4.98 Å². The minimum Gasteiger partial charge on any atom is -0.390 e. The van der Waals surface area contributed by atoms with Crippen LogP contribution in [0.15, 0.2) is 12.4 Å². The minimum atomic E-state index is -3.67. The maximum atomic E-state index is 9.77. The lowest BCUT2D eigenvalue weighted by molar-refractivity contribution is -0.393. The Morgan fingerprint density at radius 2 is 2.00 bits per heavy atom. The monoisotopic (exact) mass is 209 g/mol. The van der Waals surface area contributed by atoms with E-state index in [1.54, 1.807) is 0 Å². The summed E-state index contributed by atoms with van der Waals surface area (Å²) in [6.45, 7) is 0. The van der Waals surface area contributed by atoms with Crippen LogP contribution in [-0.4, -0.2) is 23.3 Å². The number of hydrogen-bond donors (Lipinski definition) is 3. The van der Waals surface area contributed by atoms with Gasteiger partial charge in [0, 0.05) is 0 Å². The summed E-state index contributed by atoms with van der Waals surface area (Å²) in [6.07, 6.45) is 2.73. The molecule has 0 amide bonds. The molecule has 0 saturated heterocycles. The van der Waals surface area contributed by atoms with Gasteiger partial charge in [-0.2, -0.15) is 8.42 Å². The number of nitrogens with zero attached hydrogens (tertiary/aromatic N) is 2. The highest BCUT2D eigenvalue weighted by atomic mass is 32.2. The molecule has 0 aliphatic carbocycles. The van der Waals surface area contributed by atoms with Crippen LogP contribution in [0.25, 0.3) is 0 Å². The molecule has 0 aliphatic heterocycles. The van der Waals surface area contributed by atoms with E-state index in [0.29, 0.717) is 0 Å². The van der Waals surface area contributed by atoms with E-state index in [1.807, 2.05) is 0 Å². The summed E-state index contributed by atoms with van der Waals surface area (Å²) in [7, 11) is -3.67. The summed E-state index contributed by atoms with van der Waals surface area (Å²) < 4.78 is 18.4. The lowest BCUT2D eigenvalue weighted by atomic mass is 11.0. The van der Waals surface area contributed by atoms with Crippen molar-refractivity contribution in [2.45, 2.75) is 0 Å². The molecule has 0 spiro atoms. The maximum Gasteiger partial charge on any atom is 0.432 e. The van der Waals surface area contributed by atoms with Gasteiger partial charge in [-0.25, -0.2) is 15.3 Å². The van der Waals surface area contributed by atoms with Gasteiger partial charge >= 0.3 is 5.95 Å². The lowest BCUT2D eigenvalue weighted by Gasteiger charge is -1.83. The second kappa shape index (κ2) is 4.49. The highest BCUT2D eigenvalue weighted by molar-refractivity contribution is 7.86. The third-order valence-electron chi connectivity index (χ3n) is 0.657. The van der Waals surface area contributed by atoms with E-state index < -0.39 is 15.1 Å². The molecule has 1 heterocycles. The normalized spacial score (nSPS) is 10.0. The molecule has 5 N–H and O–H groups in total. The van der Waals surface area contributed by atoms with Gasteiger partial charge in [0.25, 0.3) is 10.2 Å². The maximum absolute atomic E-state index is 9.77. The van der Waals surface area contributed by atoms with Gasteiger partial charge in [0.2, 0.25) is 0 Å². The van der Waals surface area contributed by atoms with E-state index >= 15 is 0 Å². The van der Waals surface area contributed by atoms with E-state index in [4.69, 9.17) is 0 Å². The highest BCUT2D eigenvalue weighted by Gasteiger charge is 2.01. The molecule has 74 valence electrons. The van der Waals surface area contributed by atoms with Crippen molar-refractivity contribution in [2.75, 3.05) is 0 Å². The standard InChI is InChI=1S/C3H3N3O2.H4N2O2S/c7-6(8)3-4-1-2-5-3;1-5(2,3)4/h1-2H,(H,4,5);(H4,1,2,3,4). The largest absolute Gasteiger partial charge is 0.432 e. The van der Waals surface area contributed by atoms with Gasteiger partial charge < -0.3 is 10.1 Å². The molecule has 0 atom stereocenters. The van der Waals surface area contributed by atoms with E-state index in [2.05, 4.69) is 20.2 Å². The lowest BCUT2D eigenvalue weighted by Crippen LogP contribution is -2.21. The zero-order chi connectivity index (χ0) is 10.5. The first kappa shape index (κ1) is 11.5. The molecule has 1 rings (SSSR count). The number of nitrogens with two attached hydrogens (primary N) is 2. The highest BCUT2D eigenvalue weighted by Crippen LogP contribution is 1.96. The Balaban J connectivity index is 0.000000252. The van der Waals surface area contributed by atoms with Crippen molar-refractivity contribution in [3.05, 3.63) is 22.5 Å². The predicted molar refractivity (Wildman–Crippen MR) is 42.5 cm³/mol. The van der Waals surface area contributed by atoms with Crippen molar-refractivity contribution in [1.29, 1.82) is 0 Å². The summed E-state index contributed by atoms with van der Waals surface area (Å²) in [5.74, 6) is -0.218. The summed E-state index contributed by atoms with van der Waals surface area (Å²) >= 11 is 0. The van der Waals surface area contributed by atoms with Gasteiger partial charge in [-0.15, -0.1) is 0 Å². The second-order valence-electron chi connectivity index (χ2n) is 1.76. The molecule has 0 fully saturated rings. The summed E-state index contributed by atoms with van der Waals surface area (Å²) in [5, 5.41) is 18.0. The van der Waals surface area contributed by atoms with Crippen LogP contribution in [0.2, 0.25) is 0 Å². The molecule has 0 bridgehead atoms. The van der Waals surface area contributed by atoms with E-state index in [-0.39, 0.29) is 5.95 Å². The van der Waals surface area contributed by atoms with Crippen LogP contribution >= 0.6 is 0 Å². The smallest absolute Gasteiger partial charge is 0.390 e. The Labute approximate surface area is 73.1 Å². The van der Waals surface area contributed by atoms with E-state index in [9.17, 15) is 18.5 Å². The molecule has 0 saturated carbocycles. The quantitative estimate of drug-likeness (QED) is 0.377. The molecule has 1 aromatic heterocycles. The van der Waals surface area contributed by atoms with Crippen molar-refractivity contribution >= 4 is 16.2 Å². The Morgan fingerprint density at radius 3 is 2.15 bits per heavy atom. The van der Waals surface area contributed by atoms with Crippen LogP contribution in [0.3, 0.4) is 0 Å². The van der Waals surface area contributed by atoms with Crippen LogP contribution in [0.1, 0.15) is 0 Å². The zero-order valence-electron chi connectivity index (χ0n) is 6.25. The fraction of sp³-hybridized carbons (Fsp3) is 0.